The number of benzene rings is 2. The highest BCUT2D eigenvalue weighted by Gasteiger charge is 2.12. The van der Waals surface area contributed by atoms with Crippen molar-refractivity contribution >= 4 is 22.9 Å². The number of fused-ring (bicyclic) bond motifs is 1. The summed E-state index contributed by atoms with van der Waals surface area (Å²) in [5, 5.41) is 10.6. The fraction of sp³-hybridized carbons (Fsp3) is 0.0588. The van der Waals surface area contributed by atoms with E-state index in [1.54, 1.807) is 0 Å². The van der Waals surface area contributed by atoms with Gasteiger partial charge < -0.3 is 5.32 Å². The number of rotatable bonds is 4. The molecular formula is C17H15N3O. The number of carbonyl (C=O) groups is 1. The molecular weight excluding hydrogens is 262 g/mol. The topological polar surface area (TPSA) is 57.8 Å². The van der Waals surface area contributed by atoms with Gasteiger partial charge in [0, 0.05) is 11.9 Å². The van der Waals surface area contributed by atoms with Crippen LogP contribution in [0.15, 0.2) is 60.7 Å². The fourth-order valence-corrected chi connectivity index (χ4v) is 2.13. The standard InChI is InChI=1S/C17H15N3O/c21-17(16-14-10-4-5-11-15(14)19-20-16)18-12-6-9-13-7-2-1-3-8-13/h1-11H,12H2,(H,18,21)(H,19,20). The first-order chi connectivity index (χ1) is 10.3. The van der Waals surface area contributed by atoms with Crippen molar-refractivity contribution in [3.63, 3.8) is 0 Å². The summed E-state index contributed by atoms with van der Waals surface area (Å²) >= 11 is 0. The van der Waals surface area contributed by atoms with E-state index in [9.17, 15) is 4.79 Å². The molecule has 0 aliphatic rings. The van der Waals surface area contributed by atoms with Crippen LogP contribution in [0.5, 0.6) is 0 Å². The SMILES string of the molecule is O=C(NCC=Cc1ccccc1)c1n[nH]c2ccccc12. The Morgan fingerprint density at radius 2 is 1.86 bits per heavy atom. The van der Waals surface area contributed by atoms with Gasteiger partial charge in [-0.2, -0.15) is 5.10 Å². The van der Waals surface area contributed by atoms with Crippen molar-refractivity contribution in [1.82, 2.24) is 15.5 Å². The van der Waals surface area contributed by atoms with Crippen LogP contribution in [0.25, 0.3) is 17.0 Å². The molecule has 0 saturated carbocycles. The third kappa shape index (κ3) is 3.00. The lowest BCUT2D eigenvalue weighted by atomic mass is 10.2. The predicted octanol–water partition coefficient (Wildman–Crippen LogP) is 3.01. The zero-order chi connectivity index (χ0) is 14.5. The molecule has 1 amide bonds. The van der Waals surface area contributed by atoms with E-state index < -0.39 is 0 Å². The Balaban J connectivity index is 1.63. The highest BCUT2D eigenvalue weighted by molar-refractivity contribution is 6.04. The van der Waals surface area contributed by atoms with Crippen LogP contribution in [0.1, 0.15) is 16.1 Å². The van der Waals surface area contributed by atoms with Gasteiger partial charge in [0.2, 0.25) is 0 Å². The average Bonchev–Trinajstić information content (AvgIpc) is 2.96. The van der Waals surface area contributed by atoms with Crippen LogP contribution in [0.3, 0.4) is 0 Å². The summed E-state index contributed by atoms with van der Waals surface area (Å²) in [7, 11) is 0. The number of nitrogens with zero attached hydrogens (tertiary/aromatic N) is 1. The molecule has 4 heteroatoms. The van der Waals surface area contributed by atoms with Gasteiger partial charge in [-0.25, -0.2) is 0 Å². The summed E-state index contributed by atoms with van der Waals surface area (Å²) < 4.78 is 0. The van der Waals surface area contributed by atoms with Crippen LogP contribution in [-0.4, -0.2) is 22.6 Å². The van der Waals surface area contributed by atoms with Crippen LogP contribution in [-0.2, 0) is 0 Å². The van der Waals surface area contributed by atoms with E-state index in [4.69, 9.17) is 0 Å². The Kier molecular flexibility index (Phi) is 3.78. The normalized spacial score (nSPS) is 11.0. The summed E-state index contributed by atoms with van der Waals surface area (Å²) in [5.74, 6) is -0.176. The van der Waals surface area contributed by atoms with Gasteiger partial charge in [-0.15, -0.1) is 0 Å². The summed E-state index contributed by atoms with van der Waals surface area (Å²) in [4.78, 5) is 12.1. The van der Waals surface area contributed by atoms with Gasteiger partial charge in [-0.1, -0.05) is 60.7 Å². The molecule has 0 atom stereocenters. The third-order valence-electron chi connectivity index (χ3n) is 3.18. The average molecular weight is 277 g/mol. The van der Waals surface area contributed by atoms with Gasteiger partial charge >= 0.3 is 0 Å². The number of nitrogens with one attached hydrogen (secondary N) is 2. The molecule has 2 N–H and O–H groups in total. The van der Waals surface area contributed by atoms with Gasteiger partial charge in [0.1, 0.15) is 0 Å². The highest BCUT2D eigenvalue weighted by atomic mass is 16.1. The number of hydrogen-bond donors (Lipinski definition) is 2. The highest BCUT2D eigenvalue weighted by Crippen LogP contribution is 2.14. The number of aromatic nitrogens is 2. The Morgan fingerprint density at radius 1 is 1.10 bits per heavy atom. The zero-order valence-corrected chi connectivity index (χ0v) is 11.4. The number of amides is 1. The lowest BCUT2D eigenvalue weighted by Crippen LogP contribution is -2.23. The lowest BCUT2D eigenvalue weighted by molar-refractivity contribution is 0.0954. The van der Waals surface area contributed by atoms with Crippen molar-refractivity contribution in [2.24, 2.45) is 0 Å². The van der Waals surface area contributed by atoms with Crippen LogP contribution < -0.4 is 5.32 Å². The van der Waals surface area contributed by atoms with Gasteiger partial charge in [0.15, 0.2) is 5.69 Å². The maximum atomic E-state index is 12.1. The molecule has 21 heavy (non-hydrogen) atoms. The molecule has 0 aliphatic heterocycles. The minimum atomic E-state index is -0.176. The van der Waals surface area contributed by atoms with E-state index in [0.717, 1.165) is 16.5 Å². The number of para-hydroxylation sites is 1. The first-order valence-corrected chi connectivity index (χ1v) is 6.77. The summed E-state index contributed by atoms with van der Waals surface area (Å²) in [6, 6.07) is 17.5. The molecule has 0 aliphatic carbocycles. The number of hydrogen-bond acceptors (Lipinski definition) is 2. The lowest BCUT2D eigenvalue weighted by Gasteiger charge is -1.99. The fourth-order valence-electron chi connectivity index (χ4n) is 2.13. The maximum absolute atomic E-state index is 12.1. The molecule has 0 radical (unpaired) electrons. The zero-order valence-electron chi connectivity index (χ0n) is 11.4. The van der Waals surface area contributed by atoms with E-state index in [-0.39, 0.29) is 5.91 Å². The van der Waals surface area contributed by atoms with Crippen LogP contribution in [0.2, 0.25) is 0 Å². The van der Waals surface area contributed by atoms with Gasteiger partial charge in [-0.05, 0) is 11.6 Å². The van der Waals surface area contributed by atoms with Crippen LogP contribution in [0, 0.1) is 0 Å². The van der Waals surface area contributed by atoms with Crippen molar-refractivity contribution in [3.05, 3.63) is 71.9 Å². The second kappa shape index (κ2) is 6.05. The number of H-pyrrole nitrogens is 1. The van der Waals surface area contributed by atoms with Gasteiger partial charge in [0.25, 0.3) is 5.91 Å². The number of aromatic amines is 1. The van der Waals surface area contributed by atoms with E-state index >= 15 is 0 Å². The Morgan fingerprint density at radius 3 is 2.71 bits per heavy atom. The van der Waals surface area contributed by atoms with E-state index in [1.165, 1.54) is 0 Å². The van der Waals surface area contributed by atoms with E-state index in [2.05, 4.69) is 15.5 Å². The first-order valence-electron chi connectivity index (χ1n) is 6.77. The quantitative estimate of drug-likeness (QED) is 0.770. The molecule has 0 bridgehead atoms. The second-order valence-electron chi connectivity index (χ2n) is 4.64. The maximum Gasteiger partial charge on any atom is 0.272 e. The first kappa shape index (κ1) is 13.1. The third-order valence-corrected chi connectivity index (χ3v) is 3.18. The molecule has 0 spiro atoms. The summed E-state index contributed by atoms with van der Waals surface area (Å²) in [6.45, 7) is 0.467. The molecule has 0 unspecified atom stereocenters. The van der Waals surface area contributed by atoms with Crippen molar-refractivity contribution in [2.45, 2.75) is 0 Å². The second-order valence-corrected chi connectivity index (χ2v) is 4.64. The minimum Gasteiger partial charge on any atom is -0.347 e. The van der Waals surface area contributed by atoms with E-state index in [1.807, 2.05) is 66.7 Å². The van der Waals surface area contributed by atoms with Crippen molar-refractivity contribution in [1.29, 1.82) is 0 Å². The Labute approximate surface area is 122 Å². The van der Waals surface area contributed by atoms with E-state index in [0.29, 0.717) is 12.2 Å². The van der Waals surface area contributed by atoms with Crippen LogP contribution >= 0.6 is 0 Å². The Bertz CT molecular complexity index is 775. The molecule has 4 nitrogen and oxygen atoms in total. The van der Waals surface area contributed by atoms with Crippen molar-refractivity contribution in [3.8, 4) is 0 Å². The molecule has 0 fully saturated rings. The molecule has 104 valence electrons. The van der Waals surface area contributed by atoms with Crippen molar-refractivity contribution < 1.29 is 4.79 Å². The largest absolute Gasteiger partial charge is 0.347 e. The van der Waals surface area contributed by atoms with Gasteiger partial charge in [-0.3, -0.25) is 9.89 Å². The molecule has 2 aromatic carbocycles. The molecule has 3 rings (SSSR count). The predicted molar refractivity (Wildman–Crippen MR) is 83.9 cm³/mol. The molecule has 1 heterocycles. The summed E-state index contributed by atoms with van der Waals surface area (Å²) in [5.41, 5.74) is 2.40. The van der Waals surface area contributed by atoms with Gasteiger partial charge in [0.05, 0.1) is 5.52 Å². The molecule has 3 aromatic rings. The summed E-state index contributed by atoms with van der Waals surface area (Å²) in [6.07, 6.45) is 3.89. The van der Waals surface area contributed by atoms with Crippen molar-refractivity contribution in [2.75, 3.05) is 6.54 Å². The number of carbonyl (C=O) groups excluding carboxylic acids is 1. The monoisotopic (exact) mass is 277 g/mol. The molecule has 1 aromatic heterocycles. The minimum absolute atomic E-state index is 0.176. The van der Waals surface area contributed by atoms with Crippen LogP contribution in [0.4, 0.5) is 0 Å². The molecule has 0 saturated heterocycles. The Hall–Kier alpha value is -2.88. The smallest absolute Gasteiger partial charge is 0.272 e.